The molecule has 1 heterocycles. The standard InChI is InChI=1S/C10H15NO4Se/c1-7(2)16-6-5-10(14)15-11-8(12)3-4-9(11)13/h7H,3-6H2,1-2H3. The summed E-state index contributed by atoms with van der Waals surface area (Å²) < 4.78 is 0. The van der Waals surface area contributed by atoms with Gasteiger partial charge in [0.2, 0.25) is 0 Å². The van der Waals surface area contributed by atoms with Crippen LogP contribution in [0.2, 0.25) is 10.1 Å². The molecular weight excluding hydrogens is 277 g/mol. The van der Waals surface area contributed by atoms with Crippen LogP contribution >= 0.6 is 0 Å². The summed E-state index contributed by atoms with van der Waals surface area (Å²) >= 11 is 0.401. The van der Waals surface area contributed by atoms with Gasteiger partial charge in [0.1, 0.15) is 0 Å². The van der Waals surface area contributed by atoms with Crippen LogP contribution in [0.5, 0.6) is 0 Å². The van der Waals surface area contributed by atoms with Gasteiger partial charge in [-0.25, -0.2) is 0 Å². The Labute approximate surface area is 101 Å². The first-order valence-corrected chi connectivity index (χ1v) is 7.39. The van der Waals surface area contributed by atoms with Gasteiger partial charge in [-0.2, -0.15) is 0 Å². The molecule has 90 valence electrons. The molecular formula is C10H15NO4Se. The van der Waals surface area contributed by atoms with Crippen LogP contribution < -0.4 is 0 Å². The van der Waals surface area contributed by atoms with E-state index in [4.69, 9.17) is 4.84 Å². The van der Waals surface area contributed by atoms with E-state index in [9.17, 15) is 14.4 Å². The molecule has 0 radical (unpaired) electrons. The molecule has 16 heavy (non-hydrogen) atoms. The van der Waals surface area contributed by atoms with Crippen molar-refractivity contribution < 1.29 is 19.2 Å². The molecule has 1 saturated heterocycles. The van der Waals surface area contributed by atoms with Crippen molar-refractivity contribution in [3.63, 3.8) is 0 Å². The van der Waals surface area contributed by atoms with Crippen molar-refractivity contribution in [3.8, 4) is 0 Å². The third-order valence-corrected chi connectivity index (χ3v) is 4.28. The molecule has 5 nitrogen and oxygen atoms in total. The SMILES string of the molecule is CC(C)[Se]CCC(=O)ON1C(=O)CCC1=O. The Balaban J connectivity index is 2.28. The number of rotatable bonds is 5. The van der Waals surface area contributed by atoms with Gasteiger partial charge in [0, 0.05) is 0 Å². The van der Waals surface area contributed by atoms with Gasteiger partial charge < -0.3 is 0 Å². The van der Waals surface area contributed by atoms with Gasteiger partial charge in [-0.3, -0.25) is 0 Å². The van der Waals surface area contributed by atoms with Crippen molar-refractivity contribution in [2.24, 2.45) is 0 Å². The molecule has 6 heteroatoms. The molecule has 0 aromatic rings. The predicted octanol–water partition coefficient (Wildman–Crippen LogP) is 0.934. The Bertz CT molecular complexity index is 287. The second-order valence-electron chi connectivity index (χ2n) is 3.71. The van der Waals surface area contributed by atoms with Gasteiger partial charge >= 0.3 is 100 Å². The maximum atomic E-state index is 11.3. The third kappa shape index (κ3) is 3.94. The van der Waals surface area contributed by atoms with Gasteiger partial charge in [0.05, 0.1) is 0 Å². The van der Waals surface area contributed by atoms with Gasteiger partial charge in [-0.15, -0.1) is 0 Å². The number of carbonyl (C=O) groups is 3. The summed E-state index contributed by atoms with van der Waals surface area (Å²) in [5.74, 6) is -1.34. The zero-order valence-electron chi connectivity index (χ0n) is 9.39. The van der Waals surface area contributed by atoms with Crippen LogP contribution in [0.1, 0.15) is 33.1 Å². The van der Waals surface area contributed by atoms with E-state index < -0.39 is 17.8 Å². The summed E-state index contributed by atoms with van der Waals surface area (Å²) in [6.07, 6.45) is 0.555. The molecule has 0 atom stereocenters. The van der Waals surface area contributed by atoms with Crippen molar-refractivity contribution in [3.05, 3.63) is 0 Å². The molecule has 0 unspecified atom stereocenters. The Morgan fingerprint density at radius 2 is 1.94 bits per heavy atom. The van der Waals surface area contributed by atoms with Gasteiger partial charge in [-0.1, -0.05) is 0 Å². The molecule has 1 rings (SSSR count). The van der Waals surface area contributed by atoms with Gasteiger partial charge in [0.25, 0.3) is 0 Å². The van der Waals surface area contributed by atoms with E-state index in [1.54, 1.807) is 0 Å². The first-order valence-electron chi connectivity index (χ1n) is 5.19. The zero-order chi connectivity index (χ0) is 12.1. The van der Waals surface area contributed by atoms with E-state index in [-0.39, 0.29) is 19.3 Å². The number of hydrogen-bond acceptors (Lipinski definition) is 4. The number of carbonyl (C=O) groups excluding carboxylic acids is 3. The summed E-state index contributed by atoms with van der Waals surface area (Å²) in [5.41, 5.74) is 0. The average Bonchev–Trinajstić information content (AvgIpc) is 2.49. The Hall–Kier alpha value is -0.871. The van der Waals surface area contributed by atoms with Crippen molar-refractivity contribution in [2.75, 3.05) is 0 Å². The molecule has 1 aliphatic heterocycles. The fraction of sp³-hybridized carbons (Fsp3) is 0.700. The maximum absolute atomic E-state index is 11.3. The van der Waals surface area contributed by atoms with Crippen molar-refractivity contribution in [1.82, 2.24) is 5.06 Å². The third-order valence-electron chi connectivity index (χ3n) is 1.96. The number of nitrogens with zero attached hydrogens (tertiary/aromatic N) is 1. The summed E-state index contributed by atoms with van der Waals surface area (Å²) in [6.45, 7) is 4.19. The quantitative estimate of drug-likeness (QED) is 0.558. The van der Waals surface area contributed by atoms with Gasteiger partial charge in [-0.05, 0) is 0 Å². The van der Waals surface area contributed by atoms with E-state index in [1.165, 1.54) is 0 Å². The second-order valence-corrected chi connectivity index (χ2v) is 7.25. The summed E-state index contributed by atoms with van der Waals surface area (Å²) in [6, 6.07) is 0. The monoisotopic (exact) mass is 293 g/mol. The molecule has 0 aliphatic carbocycles. The Morgan fingerprint density at radius 1 is 1.38 bits per heavy atom. The molecule has 0 saturated carbocycles. The molecule has 0 spiro atoms. The average molecular weight is 292 g/mol. The predicted molar refractivity (Wildman–Crippen MR) is 57.5 cm³/mol. The van der Waals surface area contributed by atoms with Gasteiger partial charge in [0.15, 0.2) is 0 Å². The molecule has 1 fully saturated rings. The van der Waals surface area contributed by atoms with Crippen molar-refractivity contribution in [1.29, 1.82) is 0 Å². The summed E-state index contributed by atoms with van der Waals surface area (Å²) in [4.78, 5) is 38.9. The first kappa shape index (κ1) is 13.2. The van der Waals surface area contributed by atoms with Crippen LogP contribution in [-0.2, 0) is 19.2 Å². The molecule has 0 aromatic carbocycles. The van der Waals surface area contributed by atoms with E-state index in [1.807, 2.05) is 0 Å². The summed E-state index contributed by atoms with van der Waals surface area (Å²) in [7, 11) is 0. The van der Waals surface area contributed by atoms with E-state index in [0.29, 0.717) is 24.8 Å². The molecule has 0 aromatic heterocycles. The number of imide groups is 1. The first-order chi connectivity index (χ1) is 7.50. The molecule has 2 amide bonds. The number of amides is 2. The van der Waals surface area contributed by atoms with Crippen LogP contribution in [-0.4, -0.2) is 37.8 Å². The van der Waals surface area contributed by atoms with Crippen molar-refractivity contribution in [2.45, 2.75) is 43.2 Å². The summed E-state index contributed by atoms with van der Waals surface area (Å²) in [5, 5.41) is 1.38. The van der Waals surface area contributed by atoms with E-state index >= 15 is 0 Å². The fourth-order valence-electron chi connectivity index (χ4n) is 1.18. The van der Waals surface area contributed by atoms with E-state index in [0.717, 1.165) is 5.32 Å². The second kappa shape index (κ2) is 6.01. The minimum absolute atomic E-state index is 0.141. The van der Waals surface area contributed by atoms with Crippen molar-refractivity contribution >= 4 is 32.7 Å². The van der Waals surface area contributed by atoms with E-state index in [2.05, 4.69) is 13.8 Å². The Kier molecular flexibility index (Phi) is 4.96. The molecule has 1 aliphatic rings. The van der Waals surface area contributed by atoms with Crippen LogP contribution in [0.15, 0.2) is 0 Å². The molecule has 0 N–H and O–H groups in total. The van der Waals surface area contributed by atoms with Crippen LogP contribution in [0.25, 0.3) is 0 Å². The normalized spacial score (nSPS) is 16.1. The topological polar surface area (TPSA) is 63.7 Å². The zero-order valence-corrected chi connectivity index (χ0v) is 11.1. The molecule has 0 bridgehead atoms. The minimum atomic E-state index is -0.494. The van der Waals surface area contributed by atoms with Crippen LogP contribution in [0, 0.1) is 0 Å². The Morgan fingerprint density at radius 3 is 2.44 bits per heavy atom. The fourth-order valence-corrected chi connectivity index (χ4v) is 2.77. The van der Waals surface area contributed by atoms with Crippen LogP contribution in [0.3, 0.4) is 0 Å². The number of hydroxylamine groups is 2. The number of hydrogen-bond donors (Lipinski definition) is 0. The van der Waals surface area contributed by atoms with Crippen LogP contribution in [0.4, 0.5) is 0 Å².